The van der Waals surface area contributed by atoms with E-state index in [0.717, 1.165) is 31.5 Å². The minimum absolute atomic E-state index is 0.0682. The summed E-state index contributed by atoms with van der Waals surface area (Å²) in [5.41, 5.74) is 1.20. The molecule has 1 atom stereocenters. The molecule has 1 aliphatic rings. The lowest BCUT2D eigenvalue weighted by Gasteiger charge is -2.31. The van der Waals surface area contributed by atoms with Crippen LogP contribution in [0.4, 0.5) is 4.39 Å². The third kappa shape index (κ3) is 3.35. The molecular formula is C17H23FN4. The lowest BCUT2D eigenvalue weighted by Crippen LogP contribution is -2.41. The molecule has 1 aliphatic carbocycles. The molecule has 1 N–H and O–H groups in total. The summed E-state index contributed by atoms with van der Waals surface area (Å²) < 4.78 is 15.4. The van der Waals surface area contributed by atoms with E-state index >= 15 is 0 Å². The summed E-state index contributed by atoms with van der Waals surface area (Å²) in [5, 5.41) is 7.75. The number of rotatable bonds is 6. The highest BCUT2D eigenvalue weighted by molar-refractivity contribution is 5.28. The number of nitrogens with one attached hydrogen (secondary N) is 1. The number of benzene rings is 1. The molecule has 1 aromatic heterocycles. The Balaban J connectivity index is 1.67. The number of nitrogens with zero attached hydrogens (tertiary/aromatic N) is 3. The Morgan fingerprint density at radius 3 is 2.86 bits per heavy atom. The highest BCUT2D eigenvalue weighted by atomic mass is 19.1. The molecule has 1 heterocycles. The monoisotopic (exact) mass is 302 g/mol. The minimum atomic E-state index is -0.139. The second kappa shape index (κ2) is 6.57. The Labute approximate surface area is 130 Å². The molecule has 0 bridgehead atoms. The van der Waals surface area contributed by atoms with Crippen molar-refractivity contribution in [3.8, 4) is 0 Å². The Hall–Kier alpha value is -1.75. The van der Waals surface area contributed by atoms with Crippen LogP contribution in [0.3, 0.4) is 0 Å². The molecule has 1 saturated carbocycles. The first kappa shape index (κ1) is 15.2. The zero-order chi connectivity index (χ0) is 15.4. The van der Waals surface area contributed by atoms with Gasteiger partial charge in [-0.05, 0) is 37.5 Å². The summed E-state index contributed by atoms with van der Waals surface area (Å²) in [6, 6.07) is 7.41. The summed E-state index contributed by atoms with van der Waals surface area (Å²) in [5.74, 6) is -0.139. The van der Waals surface area contributed by atoms with Crippen LogP contribution in [0.1, 0.15) is 38.2 Å². The van der Waals surface area contributed by atoms with E-state index in [9.17, 15) is 4.39 Å². The number of halogens is 1. The van der Waals surface area contributed by atoms with Gasteiger partial charge in [-0.1, -0.05) is 25.0 Å². The molecule has 1 fully saturated rings. The van der Waals surface area contributed by atoms with Crippen LogP contribution in [0.2, 0.25) is 0 Å². The molecule has 0 saturated heterocycles. The number of hydrogen-bond donors (Lipinski definition) is 1. The standard InChI is InChI=1S/C17H23FN4/c1-14(10-22-13-19-12-21-22)20-11-17(7-2-3-8-17)15-5-4-6-16(18)9-15/h4-6,9,12-14,20H,2-3,7-8,10-11H2,1H3/t14-/m1/s1. The van der Waals surface area contributed by atoms with Gasteiger partial charge >= 0.3 is 0 Å². The van der Waals surface area contributed by atoms with E-state index in [4.69, 9.17) is 0 Å². The molecule has 118 valence electrons. The zero-order valence-corrected chi connectivity index (χ0v) is 13.0. The zero-order valence-electron chi connectivity index (χ0n) is 13.0. The van der Waals surface area contributed by atoms with Crippen LogP contribution in [0, 0.1) is 5.82 Å². The van der Waals surface area contributed by atoms with E-state index in [1.54, 1.807) is 18.7 Å². The second-order valence-corrected chi connectivity index (χ2v) is 6.40. The minimum Gasteiger partial charge on any atom is -0.312 e. The first-order valence-corrected chi connectivity index (χ1v) is 8.00. The third-order valence-electron chi connectivity index (χ3n) is 4.71. The van der Waals surface area contributed by atoms with Crippen LogP contribution in [0.15, 0.2) is 36.9 Å². The lowest BCUT2D eigenvalue weighted by molar-refractivity contribution is 0.357. The molecule has 22 heavy (non-hydrogen) atoms. The predicted molar refractivity (Wildman–Crippen MR) is 84.0 cm³/mol. The normalized spacial score (nSPS) is 18.5. The van der Waals surface area contributed by atoms with E-state index in [-0.39, 0.29) is 11.2 Å². The molecular weight excluding hydrogens is 279 g/mol. The number of aromatic nitrogens is 3. The van der Waals surface area contributed by atoms with E-state index in [1.807, 2.05) is 10.7 Å². The molecule has 0 aliphatic heterocycles. The first-order valence-electron chi connectivity index (χ1n) is 8.00. The van der Waals surface area contributed by atoms with Gasteiger partial charge in [-0.25, -0.2) is 9.37 Å². The van der Waals surface area contributed by atoms with Gasteiger partial charge in [0.1, 0.15) is 18.5 Å². The van der Waals surface area contributed by atoms with Crippen LogP contribution in [0.5, 0.6) is 0 Å². The highest BCUT2D eigenvalue weighted by Crippen LogP contribution is 2.40. The maximum atomic E-state index is 13.6. The Bertz CT molecular complexity index is 590. The Morgan fingerprint density at radius 2 is 2.18 bits per heavy atom. The van der Waals surface area contributed by atoms with Gasteiger partial charge in [-0.3, -0.25) is 4.68 Å². The molecule has 0 spiro atoms. The molecule has 0 amide bonds. The summed E-state index contributed by atoms with van der Waals surface area (Å²) in [6.45, 7) is 3.82. The van der Waals surface area contributed by atoms with Gasteiger partial charge in [-0.2, -0.15) is 5.10 Å². The van der Waals surface area contributed by atoms with E-state index in [0.29, 0.717) is 6.04 Å². The fourth-order valence-corrected chi connectivity index (χ4v) is 3.48. The second-order valence-electron chi connectivity index (χ2n) is 6.40. The maximum Gasteiger partial charge on any atom is 0.137 e. The molecule has 0 unspecified atom stereocenters. The van der Waals surface area contributed by atoms with Crippen LogP contribution in [-0.4, -0.2) is 27.4 Å². The molecule has 1 aromatic carbocycles. The van der Waals surface area contributed by atoms with Gasteiger partial charge in [0.15, 0.2) is 0 Å². The van der Waals surface area contributed by atoms with Crippen molar-refractivity contribution in [1.29, 1.82) is 0 Å². The molecule has 4 nitrogen and oxygen atoms in total. The van der Waals surface area contributed by atoms with Gasteiger partial charge in [0.05, 0.1) is 6.54 Å². The van der Waals surface area contributed by atoms with Crippen LogP contribution in [-0.2, 0) is 12.0 Å². The Morgan fingerprint density at radius 1 is 1.36 bits per heavy atom. The van der Waals surface area contributed by atoms with Crippen molar-refractivity contribution in [2.24, 2.45) is 0 Å². The number of hydrogen-bond acceptors (Lipinski definition) is 3. The van der Waals surface area contributed by atoms with E-state index < -0.39 is 0 Å². The third-order valence-corrected chi connectivity index (χ3v) is 4.71. The van der Waals surface area contributed by atoms with Crippen molar-refractivity contribution in [2.75, 3.05) is 6.54 Å². The quantitative estimate of drug-likeness (QED) is 0.892. The van der Waals surface area contributed by atoms with Gasteiger partial charge in [0, 0.05) is 18.0 Å². The predicted octanol–water partition coefficient (Wildman–Crippen LogP) is 2.91. The maximum absolute atomic E-state index is 13.6. The van der Waals surface area contributed by atoms with Crippen molar-refractivity contribution < 1.29 is 4.39 Å². The van der Waals surface area contributed by atoms with Crippen molar-refractivity contribution in [3.63, 3.8) is 0 Å². The van der Waals surface area contributed by atoms with Gasteiger partial charge in [-0.15, -0.1) is 0 Å². The van der Waals surface area contributed by atoms with Crippen LogP contribution < -0.4 is 5.32 Å². The highest BCUT2D eigenvalue weighted by Gasteiger charge is 2.35. The van der Waals surface area contributed by atoms with Gasteiger partial charge in [0.25, 0.3) is 0 Å². The van der Waals surface area contributed by atoms with Crippen LogP contribution in [0.25, 0.3) is 0 Å². The van der Waals surface area contributed by atoms with Crippen molar-refractivity contribution in [1.82, 2.24) is 20.1 Å². The van der Waals surface area contributed by atoms with Crippen molar-refractivity contribution in [3.05, 3.63) is 48.3 Å². The molecule has 0 radical (unpaired) electrons. The summed E-state index contributed by atoms with van der Waals surface area (Å²) in [7, 11) is 0. The Kier molecular flexibility index (Phi) is 4.52. The summed E-state index contributed by atoms with van der Waals surface area (Å²) >= 11 is 0. The first-order chi connectivity index (χ1) is 10.7. The topological polar surface area (TPSA) is 42.7 Å². The summed E-state index contributed by atoms with van der Waals surface area (Å²) in [6.07, 6.45) is 7.97. The largest absolute Gasteiger partial charge is 0.312 e. The molecule has 2 aromatic rings. The fraction of sp³-hybridized carbons (Fsp3) is 0.529. The van der Waals surface area contributed by atoms with Crippen LogP contribution >= 0.6 is 0 Å². The SMILES string of the molecule is C[C@H](Cn1cncn1)NCC1(c2cccc(F)c2)CCCC1. The van der Waals surface area contributed by atoms with Gasteiger partial charge in [0.2, 0.25) is 0 Å². The van der Waals surface area contributed by atoms with Gasteiger partial charge < -0.3 is 5.32 Å². The van der Waals surface area contributed by atoms with E-state index in [2.05, 4.69) is 28.4 Å². The lowest BCUT2D eigenvalue weighted by atomic mass is 9.78. The average Bonchev–Trinajstić information content (AvgIpc) is 3.17. The van der Waals surface area contributed by atoms with Crippen molar-refractivity contribution >= 4 is 0 Å². The smallest absolute Gasteiger partial charge is 0.137 e. The summed E-state index contributed by atoms with van der Waals surface area (Å²) in [4.78, 5) is 3.97. The fourth-order valence-electron chi connectivity index (χ4n) is 3.48. The average molecular weight is 302 g/mol. The van der Waals surface area contributed by atoms with E-state index in [1.165, 1.54) is 18.9 Å². The van der Waals surface area contributed by atoms with Crippen molar-refractivity contribution in [2.45, 2.75) is 50.6 Å². The molecule has 3 rings (SSSR count). The molecule has 5 heteroatoms.